The molecular formula is C21H23Cl2N3O3. The highest BCUT2D eigenvalue weighted by Gasteiger charge is 2.22. The molecule has 0 unspecified atom stereocenters. The van der Waals surface area contributed by atoms with Crippen molar-refractivity contribution in [2.45, 2.75) is 13.3 Å². The van der Waals surface area contributed by atoms with Gasteiger partial charge in [-0.05, 0) is 30.3 Å². The first-order chi connectivity index (χ1) is 14.0. The zero-order valence-corrected chi connectivity index (χ0v) is 17.7. The van der Waals surface area contributed by atoms with Gasteiger partial charge in [-0.2, -0.15) is 0 Å². The van der Waals surface area contributed by atoms with Crippen LogP contribution in [0.1, 0.15) is 13.3 Å². The van der Waals surface area contributed by atoms with E-state index in [-0.39, 0.29) is 18.4 Å². The van der Waals surface area contributed by atoms with E-state index in [1.165, 1.54) is 0 Å². The van der Waals surface area contributed by atoms with E-state index in [1.807, 2.05) is 17.9 Å². The smallest absolute Gasteiger partial charge is 0.262 e. The lowest BCUT2D eigenvalue weighted by atomic mass is 10.2. The SMILES string of the molecule is CCC(=O)N1CCN(c2ccc(Cl)cc2NC(=O)COc2ccccc2Cl)CC1. The Morgan fingerprint density at radius 2 is 1.79 bits per heavy atom. The van der Waals surface area contributed by atoms with Crippen LogP contribution in [-0.4, -0.2) is 49.5 Å². The van der Waals surface area contributed by atoms with Gasteiger partial charge in [0, 0.05) is 37.6 Å². The van der Waals surface area contributed by atoms with E-state index in [0.717, 1.165) is 5.69 Å². The lowest BCUT2D eigenvalue weighted by Gasteiger charge is -2.37. The lowest BCUT2D eigenvalue weighted by molar-refractivity contribution is -0.131. The van der Waals surface area contributed by atoms with Crippen LogP contribution in [-0.2, 0) is 9.59 Å². The fourth-order valence-electron chi connectivity index (χ4n) is 3.20. The number of nitrogens with zero attached hydrogens (tertiary/aromatic N) is 2. The minimum absolute atomic E-state index is 0.158. The van der Waals surface area contributed by atoms with Crippen molar-refractivity contribution in [2.75, 3.05) is 43.0 Å². The zero-order valence-electron chi connectivity index (χ0n) is 16.2. The molecule has 1 N–H and O–H groups in total. The standard InChI is InChI=1S/C21H23Cl2N3O3/c1-2-21(28)26-11-9-25(10-12-26)18-8-7-15(22)13-17(18)24-20(27)14-29-19-6-4-3-5-16(19)23/h3-8,13H,2,9-12,14H2,1H3,(H,24,27). The molecular weight excluding hydrogens is 413 g/mol. The first-order valence-electron chi connectivity index (χ1n) is 9.47. The van der Waals surface area contributed by atoms with Crippen molar-refractivity contribution >= 4 is 46.4 Å². The van der Waals surface area contributed by atoms with Gasteiger partial charge in [0.2, 0.25) is 5.91 Å². The van der Waals surface area contributed by atoms with Crippen LogP contribution in [0, 0.1) is 0 Å². The molecule has 8 heteroatoms. The van der Waals surface area contributed by atoms with Crippen LogP contribution in [0.5, 0.6) is 5.75 Å². The number of amides is 2. The van der Waals surface area contributed by atoms with Crippen LogP contribution in [0.2, 0.25) is 10.0 Å². The summed E-state index contributed by atoms with van der Waals surface area (Å²) < 4.78 is 5.50. The van der Waals surface area contributed by atoms with Crippen molar-refractivity contribution in [3.05, 3.63) is 52.5 Å². The van der Waals surface area contributed by atoms with Crippen molar-refractivity contribution in [1.29, 1.82) is 0 Å². The molecule has 0 aliphatic carbocycles. The second kappa shape index (κ2) is 9.85. The number of para-hydroxylation sites is 1. The normalized spacial score (nSPS) is 13.9. The van der Waals surface area contributed by atoms with E-state index < -0.39 is 0 Å². The summed E-state index contributed by atoms with van der Waals surface area (Å²) in [6.07, 6.45) is 0.508. The molecule has 154 valence electrons. The highest BCUT2D eigenvalue weighted by atomic mass is 35.5. The summed E-state index contributed by atoms with van der Waals surface area (Å²) in [7, 11) is 0. The topological polar surface area (TPSA) is 61.9 Å². The molecule has 2 aromatic rings. The number of anilines is 2. The number of piperazine rings is 1. The fourth-order valence-corrected chi connectivity index (χ4v) is 3.56. The fraction of sp³-hybridized carbons (Fsp3) is 0.333. The molecule has 3 rings (SSSR count). The van der Waals surface area contributed by atoms with E-state index in [2.05, 4.69) is 10.2 Å². The van der Waals surface area contributed by atoms with Crippen molar-refractivity contribution < 1.29 is 14.3 Å². The minimum atomic E-state index is -0.312. The third-order valence-corrected chi connectivity index (χ3v) is 5.25. The molecule has 1 saturated heterocycles. The predicted octanol–water partition coefficient (Wildman–Crippen LogP) is 4.07. The molecule has 1 aliphatic rings. The van der Waals surface area contributed by atoms with Gasteiger partial charge in [0.25, 0.3) is 5.91 Å². The van der Waals surface area contributed by atoms with Crippen molar-refractivity contribution in [3.8, 4) is 5.75 Å². The zero-order chi connectivity index (χ0) is 20.8. The van der Waals surface area contributed by atoms with Crippen LogP contribution >= 0.6 is 23.2 Å². The molecule has 0 radical (unpaired) electrons. The van der Waals surface area contributed by atoms with E-state index in [4.69, 9.17) is 27.9 Å². The third-order valence-electron chi connectivity index (χ3n) is 4.70. The van der Waals surface area contributed by atoms with Crippen LogP contribution < -0.4 is 15.0 Å². The predicted molar refractivity (Wildman–Crippen MR) is 116 cm³/mol. The number of carbonyl (C=O) groups is 2. The largest absolute Gasteiger partial charge is 0.482 e. The Bertz CT molecular complexity index is 883. The molecule has 2 aromatic carbocycles. The van der Waals surface area contributed by atoms with Crippen LogP contribution in [0.15, 0.2) is 42.5 Å². The van der Waals surface area contributed by atoms with Gasteiger partial charge < -0.3 is 19.9 Å². The highest BCUT2D eigenvalue weighted by Crippen LogP contribution is 2.30. The molecule has 1 heterocycles. The second-order valence-electron chi connectivity index (χ2n) is 6.65. The van der Waals surface area contributed by atoms with E-state index in [0.29, 0.717) is 54.1 Å². The molecule has 1 aliphatic heterocycles. The van der Waals surface area contributed by atoms with Gasteiger partial charge in [-0.3, -0.25) is 9.59 Å². The molecule has 0 bridgehead atoms. The average Bonchev–Trinajstić information content (AvgIpc) is 2.73. The summed E-state index contributed by atoms with van der Waals surface area (Å²) in [4.78, 5) is 28.3. The van der Waals surface area contributed by atoms with Gasteiger partial charge in [-0.25, -0.2) is 0 Å². The van der Waals surface area contributed by atoms with Gasteiger partial charge in [0.15, 0.2) is 6.61 Å². The number of hydrogen-bond donors (Lipinski definition) is 1. The Labute approximate surface area is 180 Å². The van der Waals surface area contributed by atoms with Gasteiger partial charge in [0.05, 0.1) is 16.4 Å². The summed E-state index contributed by atoms with van der Waals surface area (Å²) in [5.41, 5.74) is 1.48. The summed E-state index contributed by atoms with van der Waals surface area (Å²) in [6, 6.07) is 12.4. The molecule has 2 amide bonds. The van der Waals surface area contributed by atoms with E-state index in [1.54, 1.807) is 36.4 Å². The van der Waals surface area contributed by atoms with Gasteiger partial charge in [0.1, 0.15) is 5.75 Å². The van der Waals surface area contributed by atoms with Gasteiger partial charge in [-0.15, -0.1) is 0 Å². The number of ether oxygens (including phenoxy) is 1. The Hall–Kier alpha value is -2.44. The molecule has 6 nitrogen and oxygen atoms in total. The number of halogens is 2. The third kappa shape index (κ3) is 5.55. The molecule has 0 aromatic heterocycles. The van der Waals surface area contributed by atoms with E-state index in [9.17, 15) is 9.59 Å². The maximum absolute atomic E-state index is 12.4. The maximum atomic E-state index is 12.4. The van der Waals surface area contributed by atoms with Gasteiger partial charge >= 0.3 is 0 Å². The second-order valence-corrected chi connectivity index (χ2v) is 7.49. The molecule has 1 fully saturated rings. The average molecular weight is 436 g/mol. The number of carbonyl (C=O) groups excluding carboxylic acids is 2. The quantitative estimate of drug-likeness (QED) is 0.742. The Balaban J connectivity index is 1.65. The number of nitrogens with one attached hydrogen (secondary N) is 1. The van der Waals surface area contributed by atoms with Crippen LogP contribution in [0.4, 0.5) is 11.4 Å². The van der Waals surface area contributed by atoms with Crippen molar-refractivity contribution in [3.63, 3.8) is 0 Å². The first-order valence-corrected chi connectivity index (χ1v) is 10.2. The number of benzene rings is 2. The maximum Gasteiger partial charge on any atom is 0.262 e. The van der Waals surface area contributed by atoms with E-state index >= 15 is 0 Å². The Kier molecular flexibility index (Phi) is 7.23. The Morgan fingerprint density at radius 1 is 1.07 bits per heavy atom. The van der Waals surface area contributed by atoms with Crippen LogP contribution in [0.25, 0.3) is 0 Å². The Morgan fingerprint density at radius 3 is 2.48 bits per heavy atom. The molecule has 29 heavy (non-hydrogen) atoms. The van der Waals surface area contributed by atoms with Gasteiger partial charge in [-0.1, -0.05) is 42.3 Å². The number of hydrogen-bond acceptors (Lipinski definition) is 4. The van der Waals surface area contributed by atoms with Crippen LogP contribution in [0.3, 0.4) is 0 Å². The van der Waals surface area contributed by atoms with Crippen molar-refractivity contribution in [1.82, 2.24) is 4.90 Å². The lowest BCUT2D eigenvalue weighted by Crippen LogP contribution is -2.48. The summed E-state index contributed by atoms with van der Waals surface area (Å²) in [6.45, 7) is 4.37. The number of rotatable bonds is 6. The monoisotopic (exact) mass is 435 g/mol. The summed E-state index contributed by atoms with van der Waals surface area (Å²) in [5.74, 6) is 0.298. The first kappa shape index (κ1) is 21.3. The molecule has 0 spiro atoms. The minimum Gasteiger partial charge on any atom is -0.482 e. The highest BCUT2D eigenvalue weighted by molar-refractivity contribution is 6.32. The summed E-state index contributed by atoms with van der Waals surface area (Å²) >= 11 is 12.2. The molecule has 0 saturated carbocycles. The summed E-state index contributed by atoms with van der Waals surface area (Å²) in [5, 5.41) is 3.84. The van der Waals surface area contributed by atoms with Crippen molar-refractivity contribution in [2.24, 2.45) is 0 Å². The molecule has 0 atom stereocenters.